The fourth-order valence-electron chi connectivity index (χ4n) is 1.95. The number of rotatable bonds is 2. The molecule has 2 aromatic rings. The van der Waals surface area contributed by atoms with E-state index < -0.39 is 0 Å². The van der Waals surface area contributed by atoms with Gasteiger partial charge in [-0.3, -0.25) is 0 Å². The van der Waals surface area contributed by atoms with Gasteiger partial charge < -0.3 is 5.32 Å². The quantitative estimate of drug-likeness (QED) is 0.844. The Labute approximate surface area is 112 Å². The smallest absolute Gasteiger partial charge is 0.130 e. The summed E-state index contributed by atoms with van der Waals surface area (Å²) in [5, 5.41) is 3.33. The number of nitrogens with zero attached hydrogens (tertiary/aromatic N) is 1. The van der Waals surface area contributed by atoms with E-state index in [2.05, 4.69) is 34.6 Å². The number of aliphatic imine (C=N–C) groups is 1. The van der Waals surface area contributed by atoms with Gasteiger partial charge in [0.15, 0.2) is 0 Å². The van der Waals surface area contributed by atoms with Gasteiger partial charge in [0.2, 0.25) is 0 Å². The zero-order chi connectivity index (χ0) is 12.9. The van der Waals surface area contributed by atoms with Crippen molar-refractivity contribution in [2.24, 2.45) is 4.99 Å². The molecule has 0 spiro atoms. The molecule has 3 rings (SSSR count). The minimum atomic E-state index is 0.838. The largest absolute Gasteiger partial charge is 0.340 e. The lowest BCUT2D eigenvalue weighted by atomic mass is 10.1. The van der Waals surface area contributed by atoms with E-state index in [9.17, 15) is 0 Å². The minimum absolute atomic E-state index is 0.838. The van der Waals surface area contributed by atoms with Gasteiger partial charge in [-0.05, 0) is 29.3 Å². The van der Waals surface area contributed by atoms with Crippen LogP contribution in [0.5, 0.6) is 0 Å². The van der Waals surface area contributed by atoms with Crippen molar-refractivity contribution in [2.45, 2.75) is 0 Å². The Morgan fingerprint density at radius 1 is 0.842 bits per heavy atom. The highest BCUT2D eigenvalue weighted by molar-refractivity contribution is 6.08. The molecule has 1 N–H and O–H groups in total. The molecule has 0 aliphatic carbocycles. The molecule has 0 atom stereocenters. The summed E-state index contributed by atoms with van der Waals surface area (Å²) in [4.78, 5) is 4.39. The number of hydrogen-bond donors (Lipinski definition) is 1. The van der Waals surface area contributed by atoms with E-state index in [1.807, 2.05) is 54.8 Å². The van der Waals surface area contributed by atoms with Crippen LogP contribution in [0, 0.1) is 0 Å². The van der Waals surface area contributed by atoms with E-state index in [4.69, 9.17) is 0 Å². The van der Waals surface area contributed by atoms with Crippen molar-refractivity contribution >= 4 is 23.7 Å². The van der Waals surface area contributed by atoms with Crippen LogP contribution in [0.3, 0.4) is 0 Å². The topological polar surface area (TPSA) is 24.4 Å². The van der Waals surface area contributed by atoms with Gasteiger partial charge in [0.1, 0.15) is 5.84 Å². The van der Waals surface area contributed by atoms with Crippen molar-refractivity contribution in [3.63, 3.8) is 0 Å². The molecule has 0 radical (unpaired) electrons. The third kappa shape index (κ3) is 2.80. The molecular formula is C17H14N2. The van der Waals surface area contributed by atoms with Gasteiger partial charge in [-0.25, -0.2) is 4.99 Å². The average Bonchev–Trinajstić information content (AvgIpc) is 2.68. The highest BCUT2D eigenvalue weighted by atomic mass is 15.0. The van der Waals surface area contributed by atoms with Crippen LogP contribution in [-0.2, 0) is 0 Å². The molecule has 1 aliphatic heterocycles. The van der Waals surface area contributed by atoms with Gasteiger partial charge in [0, 0.05) is 11.9 Å². The second kappa shape index (κ2) is 5.36. The number of para-hydroxylation sites is 1. The number of nitrogens with one attached hydrogen (secondary N) is 1. The van der Waals surface area contributed by atoms with Crippen LogP contribution in [0.4, 0.5) is 5.69 Å². The summed E-state index contributed by atoms with van der Waals surface area (Å²) < 4.78 is 0. The predicted octanol–water partition coefficient (Wildman–Crippen LogP) is 4.19. The second-order valence-corrected chi connectivity index (χ2v) is 4.29. The molecule has 0 saturated carbocycles. The summed E-state index contributed by atoms with van der Waals surface area (Å²) in [5.41, 5.74) is 3.38. The Hall–Kier alpha value is -2.61. The Morgan fingerprint density at radius 3 is 2.53 bits per heavy atom. The molecule has 0 saturated heterocycles. The molecule has 0 amide bonds. The van der Waals surface area contributed by atoms with Crippen molar-refractivity contribution in [2.75, 3.05) is 5.32 Å². The van der Waals surface area contributed by atoms with E-state index in [0.29, 0.717) is 0 Å². The number of amidine groups is 1. The normalized spacial score (nSPS) is 13.6. The minimum Gasteiger partial charge on any atom is -0.340 e. The van der Waals surface area contributed by atoms with Crippen molar-refractivity contribution in [3.05, 3.63) is 78.0 Å². The van der Waals surface area contributed by atoms with Crippen molar-refractivity contribution in [1.29, 1.82) is 0 Å². The molecule has 1 heterocycles. The van der Waals surface area contributed by atoms with Gasteiger partial charge in [-0.1, -0.05) is 54.6 Å². The fourth-order valence-corrected chi connectivity index (χ4v) is 1.95. The molecule has 0 fully saturated rings. The van der Waals surface area contributed by atoms with Crippen LogP contribution in [0.1, 0.15) is 11.1 Å². The first-order chi connectivity index (χ1) is 9.42. The standard InChI is InChI=1S/C17H14N2/c1-2-6-14(7-3-1)10-11-17-18-13-12-15-8-4-5-9-16(15)19-17/h1-13H,(H,18,19)/b11-10+. The number of hydrogen-bond acceptors (Lipinski definition) is 2. The monoisotopic (exact) mass is 246 g/mol. The first-order valence-electron chi connectivity index (χ1n) is 6.25. The predicted molar refractivity (Wildman–Crippen MR) is 82.0 cm³/mol. The van der Waals surface area contributed by atoms with Gasteiger partial charge >= 0.3 is 0 Å². The Balaban J connectivity index is 1.83. The Kier molecular flexibility index (Phi) is 3.24. The first kappa shape index (κ1) is 11.5. The van der Waals surface area contributed by atoms with Crippen molar-refractivity contribution in [1.82, 2.24) is 0 Å². The summed E-state index contributed by atoms with van der Waals surface area (Å²) in [6.45, 7) is 0. The van der Waals surface area contributed by atoms with E-state index in [1.165, 1.54) is 0 Å². The van der Waals surface area contributed by atoms with Crippen molar-refractivity contribution < 1.29 is 0 Å². The SMILES string of the molecule is C1=Cc2ccccc2NC(/C=C/c2ccccc2)=N1. The lowest BCUT2D eigenvalue weighted by Gasteiger charge is -2.06. The van der Waals surface area contributed by atoms with Crippen LogP contribution in [0.2, 0.25) is 0 Å². The highest BCUT2D eigenvalue weighted by Crippen LogP contribution is 2.19. The summed E-state index contributed by atoms with van der Waals surface area (Å²) >= 11 is 0. The molecule has 92 valence electrons. The third-order valence-electron chi connectivity index (χ3n) is 2.92. The fraction of sp³-hybridized carbons (Fsp3) is 0. The molecule has 2 heteroatoms. The summed E-state index contributed by atoms with van der Waals surface area (Å²) in [7, 11) is 0. The highest BCUT2D eigenvalue weighted by Gasteiger charge is 2.03. The molecule has 2 nitrogen and oxygen atoms in total. The Bertz CT molecular complexity index is 652. The second-order valence-electron chi connectivity index (χ2n) is 4.29. The molecule has 19 heavy (non-hydrogen) atoms. The van der Waals surface area contributed by atoms with E-state index in [0.717, 1.165) is 22.6 Å². The first-order valence-corrected chi connectivity index (χ1v) is 6.25. The molecular weight excluding hydrogens is 232 g/mol. The molecule has 1 aliphatic rings. The summed E-state index contributed by atoms with van der Waals surface area (Å²) in [6, 6.07) is 18.4. The zero-order valence-corrected chi connectivity index (χ0v) is 10.5. The number of fused-ring (bicyclic) bond motifs is 1. The molecule has 0 unspecified atom stereocenters. The lowest BCUT2D eigenvalue weighted by molar-refractivity contribution is 1.57. The van der Waals surface area contributed by atoms with E-state index in [1.54, 1.807) is 0 Å². The summed E-state index contributed by atoms with van der Waals surface area (Å²) in [5.74, 6) is 0.838. The van der Waals surface area contributed by atoms with Crippen LogP contribution in [-0.4, -0.2) is 5.84 Å². The van der Waals surface area contributed by atoms with E-state index >= 15 is 0 Å². The summed E-state index contributed by atoms with van der Waals surface area (Å²) in [6.07, 6.45) is 7.87. The van der Waals surface area contributed by atoms with Crippen LogP contribution >= 0.6 is 0 Å². The van der Waals surface area contributed by atoms with Gasteiger partial charge in [-0.15, -0.1) is 0 Å². The van der Waals surface area contributed by atoms with Crippen LogP contribution in [0.25, 0.3) is 12.2 Å². The van der Waals surface area contributed by atoms with Gasteiger partial charge in [0.25, 0.3) is 0 Å². The molecule has 0 bridgehead atoms. The van der Waals surface area contributed by atoms with Gasteiger partial charge in [-0.2, -0.15) is 0 Å². The molecule has 2 aromatic carbocycles. The Morgan fingerprint density at radius 2 is 1.63 bits per heavy atom. The number of benzene rings is 2. The van der Waals surface area contributed by atoms with Crippen LogP contribution < -0.4 is 5.32 Å². The maximum atomic E-state index is 4.39. The number of anilines is 1. The van der Waals surface area contributed by atoms with Crippen LogP contribution in [0.15, 0.2) is 71.9 Å². The molecule has 0 aromatic heterocycles. The average molecular weight is 246 g/mol. The maximum absolute atomic E-state index is 4.39. The third-order valence-corrected chi connectivity index (χ3v) is 2.92. The zero-order valence-electron chi connectivity index (χ0n) is 10.5. The van der Waals surface area contributed by atoms with E-state index in [-0.39, 0.29) is 0 Å². The van der Waals surface area contributed by atoms with Crippen molar-refractivity contribution in [3.8, 4) is 0 Å². The van der Waals surface area contributed by atoms with Gasteiger partial charge in [0.05, 0.1) is 0 Å². The lowest BCUT2D eigenvalue weighted by Crippen LogP contribution is -2.08. The maximum Gasteiger partial charge on any atom is 0.130 e.